The molecule has 11 heteroatoms. The molecule has 4 rings (SSSR count). The van der Waals surface area contributed by atoms with Crippen LogP contribution >= 0.6 is 11.3 Å². The Balaban J connectivity index is 1.81. The van der Waals surface area contributed by atoms with Crippen LogP contribution < -0.4 is 5.32 Å². The number of anilines is 1. The zero-order chi connectivity index (χ0) is 22.4. The topological polar surface area (TPSA) is 80.0 Å². The first-order valence-corrected chi connectivity index (χ1v) is 9.68. The van der Waals surface area contributed by atoms with E-state index in [0.717, 1.165) is 12.3 Å². The molecule has 31 heavy (non-hydrogen) atoms. The Morgan fingerprint density at radius 3 is 2.48 bits per heavy atom. The molecular formula is C20H14F4N4O2S. The number of rotatable bonds is 4. The third-order valence-electron chi connectivity index (χ3n) is 4.61. The molecule has 0 radical (unpaired) electrons. The Morgan fingerprint density at radius 2 is 1.84 bits per heavy atom. The lowest BCUT2D eigenvalue weighted by atomic mass is 9.91. The molecular weight excluding hydrogens is 436 g/mol. The molecule has 0 spiro atoms. The number of nitrogens with one attached hydrogen (secondary N) is 1. The Hall–Kier alpha value is -3.31. The van der Waals surface area contributed by atoms with Gasteiger partial charge in [0.15, 0.2) is 5.13 Å². The van der Waals surface area contributed by atoms with E-state index >= 15 is 0 Å². The Morgan fingerprint density at radius 1 is 1.13 bits per heavy atom. The fourth-order valence-electron chi connectivity index (χ4n) is 3.14. The number of carbonyl (C=O) groups excluding carboxylic acids is 1. The van der Waals surface area contributed by atoms with Crippen LogP contribution in [0.5, 0.6) is 0 Å². The minimum Gasteiger partial charge on any atom is -0.372 e. The number of carbonyl (C=O) groups is 1. The molecule has 2 aromatic carbocycles. The summed E-state index contributed by atoms with van der Waals surface area (Å²) in [5.41, 5.74) is -2.77. The van der Waals surface area contributed by atoms with Gasteiger partial charge in [-0.2, -0.15) is 18.3 Å². The van der Waals surface area contributed by atoms with Crippen LogP contribution in [0.3, 0.4) is 0 Å². The molecule has 0 saturated carbocycles. The molecule has 2 aromatic heterocycles. The number of hydrogen-bond donors (Lipinski definition) is 2. The number of aromatic nitrogens is 3. The van der Waals surface area contributed by atoms with Crippen molar-refractivity contribution in [2.45, 2.75) is 18.7 Å². The molecule has 0 aliphatic heterocycles. The highest BCUT2D eigenvalue weighted by molar-refractivity contribution is 7.15. The molecule has 2 N–H and O–H groups in total. The predicted octanol–water partition coefficient (Wildman–Crippen LogP) is 4.38. The van der Waals surface area contributed by atoms with Crippen molar-refractivity contribution in [2.75, 3.05) is 5.32 Å². The minimum absolute atomic E-state index is 0.0598. The van der Waals surface area contributed by atoms with Crippen LogP contribution in [-0.2, 0) is 10.4 Å². The summed E-state index contributed by atoms with van der Waals surface area (Å²) in [5.74, 6) is -0.924. The summed E-state index contributed by atoms with van der Waals surface area (Å²) in [7, 11) is 0. The quantitative estimate of drug-likeness (QED) is 0.453. The largest absolute Gasteiger partial charge is 0.426 e. The molecule has 1 unspecified atom stereocenters. The van der Waals surface area contributed by atoms with E-state index in [9.17, 15) is 27.5 Å². The number of aliphatic hydroxyl groups is 1. The predicted molar refractivity (Wildman–Crippen MR) is 106 cm³/mol. The SMILES string of the molecule is CC(=O)Nc1ncc(C(O)(c2ccc3c(cnn3-c3ccc(F)cc3)c2)C(F)(F)F)s1. The first-order valence-electron chi connectivity index (χ1n) is 8.87. The second-order valence-corrected chi connectivity index (χ2v) is 7.76. The van der Waals surface area contributed by atoms with Crippen LogP contribution in [-0.4, -0.2) is 32.0 Å². The van der Waals surface area contributed by atoms with Crippen LogP contribution in [0.1, 0.15) is 17.4 Å². The maximum absolute atomic E-state index is 14.0. The van der Waals surface area contributed by atoms with Crippen LogP contribution in [0.2, 0.25) is 0 Å². The van der Waals surface area contributed by atoms with Crippen LogP contribution in [0.15, 0.2) is 54.9 Å². The van der Waals surface area contributed by atoms with Gasteiger partial charge in [0.1, 0.15) is 5.82 Å². The van der Waals surface area contributed by atoms with Gasteiger partial charge in [-0.15, -0.1) is 0 Å². The standard InChI is InChI=1S/C20H14F4N4O2S/c1-11(29)27-18-25-10-17(31-18)19(30,20(22,23)24)13-2-7-16-12(8-13)9-26-28(16)15-5-3-14(21)4-6-15/h2-10,30H,1H3,(H,25,27,29). The lowest BCUT2D eigenvalue weighted by Gasteiger charge is -2.29. The van der Waals surface area contributed by atoms with E-state index in [2.05, 4.69) is 15.4 Å². The van der Waals surface area contributed by atoms with Crippen molar-refractivity contribution in [2.24, 2.45) is 0 Å². The third kappa shape index (κ3) is 3.66. The zero-order valence-electron chi connectivity index (χ0n) is 15.8. The fourth-order valence-corrected chi connectivity index (χ4v) is 4.14. The van der Waals surface area contributed by atoms with E-state index in [1.165, 1.54) is 54.2 Å². The summed E-state index contributed by atoms with van der Waals surface area (Å²) >= 11 is 0.529. The van der Waals surface area contributed by atoms with E-state index < -0.39 is 33.9 Å². The molecule has 160 valence electrons. The van der Waals surface area contributed by atoms with Gasteiger partial charge in [0, 0.05) is 18.5 Å². The first-order chi connectivity index (χ1) is 14.6. The monoisotopic (exact) mass is 450 g/mol. The van der Waals surface area contributed by atoms with Gasteiger partial charge in [-0.05, 0) is 42.0 Å². The van der Waals surface area contributed by atoms with Crippen molar-refractivity contribution in [1.29, 1.82) is 0 Å². The molecule has 0 aliphatic rings. The summed E-state index contributed by atoms with van der Waals surface area (Å²) in [5, 5.41) is 17.6. The van der Waals surface area contributed by atoms with Crippen LogP contribution in [0, 0.1) is 5.82 Å². The number of alkyl halides is 3. The van der Waals surface area contributed by atoms with Gasteiger partial charge in [-0.3, -0.25) is 4.79 Å². The number of hydrogen-bond acceptors (Lipinski definition) is 5. The van der Waals surface area contributed by atoms with E-state index in [4.69, 9.17) is 0 Å². The molecule has 0 bridgehead atoms. The number of nitrogens with zero attached hydrogens (tertiary/aromatic N) is 3. The first kappa shape index (κ1) is 20.9. The lowest BCUT2D eigenvalue weighted by Crippen LogP contribution is -2.42. The van der Waals surface area contributed by atoms with Gasteiger partial charge < -0.3 is 10.4 Å². The molecule has 0 fully saturated rings. The number of halogens is 4. The maximum Gasteiger partial charge on any atom is 0.426 e. The highest BCUT2D eigenvalue weighted by Crippen LogP contribution is 2.47. The zero-order valence-corrected chi connectivity index (χ0v) is 16.6. The number of fused-ring (bicyclic) bond motifs is 1. The summed E-state index contributed by atoms with van der Waals surface area (Å²) in [6.07, 6.45) is -2.82. The van der Waals surface area contributed by atoms with Gasteiger partial charge >= 0.3 is 6.18 Å². The van der Waals surface area contributed by atoms with Gasteiger partial charge in [0.2, 0.25) is 11.5 Å². The molecule has 0 saturated heterocycles. The Kier molecular flexibility index (Phi) is 5.02. The number of thiazole rings is 1. The summed E-state index contributed by atoms with van der Waals surface area (Å²) < 4.78 is 56.8. The number of benzene rings is 2. The molecule has 2 heterocycles. The van der Waals surface area contributed by atoms with Crippen LogP contribution in [0.4, 0.5) is 22.7 Å². The fraction of sp³-hybridized carbons (Fsp3) is 0.150. The van der Waals surface area contributed by atoms with E-state index in [1.54, 1.807) is 0 Å². The van der Waals surface area contributed by atoms with Crippen molar-refractivity contribution >= 4 is 33.3 Å². The third-order valence-corrected chi connectivity index (χ3v) is 5.63. The normalized spacial score (nSPS) is 13.9. The van der Waals surface area contributed by atoms with Crippen molar-refractivity contribution < 1.29 is 27.5 Å². The minimum atomic E-state index is -5.06. The van der Waals surface area contributed by atoms with E-state index in [0.29, 0.717) is 27.9 Å². The van der Waals surface area contributed by atoms with Crippen molar-refractivity contribution in [3.63, 3.8) is 0 Å². The molecule has 1 atom stereocenters. The Labute approximate surface area is 176 Å². The second-order valence-electron chi connectivity index (χ2n) is 6.73. The average Bonchev–Trinajstić information content (AvgIpc) is 3.33. The Bertz CT molecular complexity index is 1270. The highest BCUT2D eigenvalue weighted by atomic mass is 32.1. The van der Waals surface area contributed by atoms with Gasteiger partial charge in [-0.1, -0.05) is 17.4 Å². The molecule has 0 aliphatic carbocycles. The van der Waals surface area contributed by atoms with E-state index in [-0.39, 0.29) is 5.13 Å². The lowest BCUT2D eigenvalue weighted by molar-refractivity contribution is -0.247. The summed E-state index contributed by atoms with van der Waals surface area (Å²) in [6.45, 7) is 1.20. The van der Waals surface area contributed by atoms with Gasteiger partial charge in [0.05, 0.1) is 22.3 Å². The summed E-state index contributed by atoms with van der Waals surface area (Å²) in [6, 6.07) is 9.20. The molecule has 6 nitrogen and oxygen atoms in total. The van der Waals surface area contributed by atoms with E-state index in [1.807, 2.05) is 0 Å². The summed E-state index contributed by atoms with van der Waals surface area (Å²) in [4.78, 5) is 14.4. The van der Waals surface area contributed by atoms with Crippen molar-refractivity contribution in [3.05, 3.63) is 71.1 Å². The van der Waals surface area contributed by atoms with Crippen LogP contribution in [0.25, 0.3) is 16.6 Å². The molecule has 1 amide bonds. The van der Waals surface area contributed by atoms with Gasteiger partial charge in [0.25, 0.3) is 0 Å². The molecule has 4 aromatic rings. The van der Waals surface area contributed by atoms with Crippen molar-refractivity contribution in [3.8, 4) is 5.69 Å². The second kappa shape index (κ2) is 7.43. The van der Waals surface area contributed by atoms with Crippen molar-refractivity contribution in [1.82, 2.24) is 14.8 Å². The smallest absolute Gasteiger partial charge is 0.372 e. The maximum atomic E-state index is 14.0. The average molecular weight is 450 g/mol. The number of amides is 1. The van der Waals surface area contributed by atoms with Gasteiger partial charge in [-0.25, -0.2) is 14.1 Å². The highest BCUT2D eigenvalue weighted by Gasteiger charge is 2.57.